The fourth-order valence-electron chi connectivity index (χ4n) is 4.07. The number of hydrogen-bond donors (Lipinski definition) is 0. The Labute approximate surface area is 159 Å². The Hall–Kier alpha value is -2.82. The summed E-state index contributed by atoms with van der Waals surface area (Å²) < 4.78 is 2.38. The molecule has 3 aromatic rings. The highest BCUT2D eigenvalue weighted by atomic mass is 15.4. The summed E-state index contributed by atoms with van der Waals surface area (Å²) in [6.07, 6.45) is 8.64. The highest BCUT2D eigenvalue weighted by molar-refractivity contribution is 5.82. The zero-order valence-electron chi connectivity index (χ0n) is 15.8. The first-order valence-electron chi connectivity index (χ1n) is 9.91. The van der Waals surface area contributed by atoms with Gasteiger partial charge < -0.3 is 14.4 Å². The number of rotatable bonds is 6. The number of aromatic nitrogens is 3. The van der Waals surface area contributed by atoms with Crippen molar-refractivity contribution >= 4 is 22.4 Å². The lowest BCUT2D eigenvalue weighted by atomic mass is 10.3. The van der Waals surface area contributed by atoms with Crippen LogP contribution in [0.15, 0.2) is 55.1 Å². The maximum atomic E-state index is 4.96. The first-order valence-corrected chi connectivity index (χ1v) is 9.91. The lowest BCUT2D eigenvalue weighted by molar-refractivity contribution is 0.612. The van der Waals surface area contributed by atoms with Crippen molar-refractivity contribution in [3.8, 4) is 0 Å². The molecule has 2 aliphatic rings. The molecule has 1 fully saturated rings. The van der Waals surface area contributed by atoms with Crippen LogP contribution in [0.1, 0.15) is 38.4 Å². The van der Waals surface area contributed by atoms with Crippen LogP contribution in [-0.4, -0.2) is 20.6 Å². The maximum absolute atomic E-state index is 4.96. The summed E-state index contributed by atoms with van der Waals surface area (Å²) in [7, 11) is 0. The normalized spacial score (nSPS) is 16.4. The van der Waals surface area contributed by atoms with Gasteiger partial charge in [-0.05, 0) is 37.5 Å². The number of imidazole rings is 1. The average molecular weight is 359 g/mol. The van der Waals surface area contributed by atoms with Gasteiger partial charge in [-0.15, -0.1) is 0 Å². The molecule has 3 heterocycles. The first kappa shape index (κ1) is 16.4. The molecule has 2 aromatic heterocycles. The number of aryl methyl sites for hydroxylation is 1. The zero-order chi connectivity index (χ0) is 18.4. The van der Waals surface area contributed by atoms with E-state index in [1.54, 1.807) is 0 Å². The fourth-order valence-corrected chi connectivity index (χ4v) is 4.07. The number of nitrogens with zero attached hydrogens (tertiary/aromatic N) is 5. The Bertz CT molecular complexity index is 1000. The van der Waals surface area contributed by atoms with Gasteiger partial charge in [-0.3, -0.25) is 4.98 Å². The summed E-state index contributed by atoms with van der Waals surface area (Å²) in [5, 5.41) is 0. The van der Waals surface area contributed by atoms with Crippen molar-refractivity contribution in [3.05, 3.63) is 60.9 Å². The van der Waals surface area contributed by atoms with E-state index in [0.717, 1.165) is 42.4 Å². The van der Waals surface area contributed by atoms with Crippen LogP contribution in [0.2, 0.25) is 0 Å². The quantitative estimate of drug-likeness (QED) is 0.640. The minimum atomic E-state index is 0.586. The molecule has 5 heteroatoms. The molecule has 0 bridgehead atoms. The fraction of sp³-hybridized carbons (Fsp3) is 0.364. The molecule has 0 atom stereocenters. The second-order valence-corrected chi connectivity index (χ2v) is 7.49. The molecule has 0 amide bonds. The monoisotopic (exact) mass is 359 g/mol. The van der Waals surface area contributed by atoms with E-state index < -0.39 is 0 Å². The molecule has 27 heavy (non-hydrogen) atoms. The summed E-state index contributed by atoms with van der Waals surface area (Å²) in [5.41, 5.74) is 4.66. The maximum Gasteiger partial charge on any atom is 0.129 e. The van der Waals surface area contributed by atoms with Gasteiger partial charge in [0.05, 0.1) is 35.1 Å². The molecule has 0 spiro atoms. The molecule has 0 N–H and O–H groups in total. The van der Waals surface area contributed by atoms with Crippen molar-refractivity contribution in [3.63, 3.8) is 0 Å². The van der Waals surface area contributed by atoms with Gasteiger partial charge in [-0.2, -0.15) is 0 Å². The Morgan fingerprint density at radius 3 is 2.81 bits per heavy atom. The van der Waals surface area contributed by atoms with Gasteiger partial charge in [-0.25, -0.2) is 4.98 Å². The van der Waals surface area contributed by atoms with Crippen molar-refractivity contribution in [1.29, 1.82) is 0 Å². The van der Waals surface area contributed by atoms with E-state index in [0.29, 0.717) is 6.04 Å². The van der Waals surface area contributed by atoms with Gasteiger partial charge in [0.15, 0.2) is 0 Å². The lowest BCUT2D eigenvalue weighted by Gasteiger charge is -2.24. The van der Waals surface area contributed by atoms with E-state index in [1.807, 2.05) is 12.4 Å². The van der Waals surface area contributed by atoms with Gasteiger partial charge in [-0.1, -0.05) is 32.1 Å². The predicted octanol–water partition coefficient (Wildman–Crippen LogP) is 4.69. The van der Waals surface area contributed by atoms with Crippen LogP contribution < -0.4 is 9.80 Å². The molecule has 5 nitrogen and oxygen atoms in total. The Kier molecular flexibility index (Phi) is 3.88. The van der Waals surface area contributed by atoms with Crippen molar-refractivity contribution in [2.45, 2.75) is 51.7 Å². The van der Waals surface area contributed by atoms with Crippen LogP contribution in [0.25, 0.3) is 11.0 Å². The summed E-state index contributed by atoms with van der Waals surface area (Å²) in [5.74, 6) is 2.15. The molecule has 5 rings (SSSR count). The number of hydrogen-bond acceptors (Lipinski definition) is 4. The van der Waals surface area contributed by atoms with E-state index in [4.69, 9.17) is 4.98 Å². The highest BCUT2D eigenvalue weighted by Gasteiger charge is 2.40. The van der Waals surface area contributed by atoms with Crippen LogP contribution >= 0.6 is 0 Å². The topological polar surface area (TPSA) is 37.2 Å². The summed E-state index contributed by atoms with van der Waals surface area (Å²) in [6, 6.07) is 11.1. The van der Waals surface area contributed by atoms with Crippen LogP contribution in [0.5, 0.6) is 0 Å². The highest BCUT2D eigenvalue weighted by Crippen LogP contribution is 2.46. The van der Waals surface area contributed by atoms with Gasteiger partial charge in [0, 0.05) is 18.8 Å². The smallest absolute Gasteiger partial charge is 0.129 e. The standard InChI is InChI=1S/C22H25N5/c1-3-4-13-25-19-8-6-5-7-18(19)24-22(25)15-26-16(2)27(17-9-10-17)20-11-12-23-14-21(20)26/h5-8,11-12,14,17H,2-4,9-10,13,15H2,1H3. The van der Waals surface area contributed by atoms with Crippen molar-refractivity contribution in [2.24, 2.45) is 0 Å². The van der Waals surface area contributed by atoms with Crippen molar-refractivity contribution in [2.75, 3.05) is 9.80 Å². The number of anilines is 2. The van der Waals surface area contributed by atoms with Crippen LogP contribution in [0, 0.1) is 0 Å². The number of pyridine rings is 1. The summed E-state index contributed by atoms with van der Waals surface area (Å²) >= 11 is 0. The number of benzene rings is 1. The molecule has 1 aliphatic carbocycles. The molecule has 1 aliphatic heterocycles. The van der Waals surface area contributed by atoms with E-state index >= 15 is 0 Å². The minimum Gasteiger partial charge on any atom is -0.326 e. The molecule has 0 unspecified atom stereocenters. The third-order valence-corrected chi connectivity index (χ3v) is 5.60. The molecule has 0 saturated heterocycles. The van der Waals surface area contributed by atoms with Gasteiger partial charge in [0.25, 0.3) is 0 Å². The Balaban J connectivity index is 1.54. The molecule has 138 valence electrons. The largest absolute Gasteiger partial charge is 0.326 e. The third kappa shape index (κ3) is 2.69. The Morgan fingerprint density at radius 2 is 2.00 bits per heavy atom. The van der Waals surface area contributed by atoms with Crippen LogP contribution in [0.4, 0.5) is 11.4 Å². The van der Waals surface area contributed by atoms with E-state index in [2.05, 4.69) is 63.2 Å². The number of para-hydroxylation sites is 2. The molecule has 1 saturated carbocycles. The minimum absolute atomic E-state index is 0.586. The Morgan fingerprint density at radius 1 is 1.15 bits per heavy atom. The molecular formula is C22H25N5. The second kappa shape index (κ2) is 6.41. The van der Waals surface area contributed by atoms with Crippen molar-refractivity contribution < 1.29 is 0 Å². The van der Waals surface area contributed by atoms with Crippen molar-refractivity contribution in [1.82, 2.24) is 14.5 Å². The SMILES string of the molecule is C=C1N(Cc2nc3ccccc3n2CCCC)c2cnccc2N1C1CC1. The van der Waals surface area contributed by atoms with E-state index in [-0.39, 0.29) is 0 Å². The molecule has 0 radical (unpaired) electrons. The number of fused-ring (bicyclic) bond motifs is 2. The zero-order valence-corrected chi connectivity index (χ0v) is 15.8. The summed E-state index contributed by atoms with van der Waals surface area (Å²) in [4.78, 5) is 14.0. The van der Waals surface area contributed by atoms with Crippen LogP contribution in [0.3, 0.4) is 0 Å². The molecule has 1 aromatic carbocycles. The second-order valence-electron chi connectivity index (χ2n) is 7.49. The molecular weight excluding hydrogens is 334 g/mol. The van der Waals surface area contributed by atoms with E-state index in [9.17, 15) is 0 Å². The lowest BCUT2D eigenvalue weighted by Crippen LogP contribution is -2.29. The third-order valence-electron chi connectivity index (χ3n) is 5.60. The average Bonchev–Trinajstić information content (AvgIpc) is 3.41. The van der Waals surface area contributed by atoms with Crippen LogP contribution in [-0.2, 0) is 13.1 Å². The number of unbranched alkanes of at least 4 members (excludes halogenated alkanes) is 1. The first-order chi connectivity index (χ1) is 13.3. The van der Waals surface area contributed by atoms with Gasteiger partial charge in [0.2, 0.25) is 0 Å². The summed E-state index contributed by atoms with van der Waals surface area (Å²) in [6.45, 7) is 8.37. The van der Waals surface area contributed by atoms with Gasteiger partial charge >= 0.3 is 0 Å². The van der Waals surface area contributed by atoms with E-state index in [1.165, 1.54) is 30.5 Å². The van der Waals surface area contributed by atoms with Gasteiger partial charge in [0.1, 0.15) is 11.6 Å². The predicted molar refractivity (Wildman–Crippen MR) is 110 cm³/mol.